The minimum absolute atomic E-state index is 0.0788. The Morgan fingerprint density at radius 2 is 2.43 bits per heavy atom. The van der Waals surface area contributed by atoms with Crippen LogP contribution >= 0.6 is 0 Å². The van der Waals surface area contributed by atoms with Gasteiger partial charge in [-0.05, 0) is 38.0 Å². The van der Waals surface area contributed by atoms with Gasteiger partial charge in [-0.3, -0.25) is 9.89 Å². The summed E-state index contributed by atoms with van der Waals surface area (Å²) in [5, 5.41) is 7.82. The summed E-state index contributed by atoms with van der Waals surface area (Å²) >= 11 is 0. The highest BCUT2D eigenvalue weighted by atomic mass is 16.5. The first kappa shape index (κ1) is 13.9. The molecule has 2 aromatic rings. The molecule has 0 saturated carbocycles. The number of nitrogens with two attached hydrogens (primary N) is 1. The van der Waals surface area contributed by atoms with Gasteiger partial charge in [-0.25, -0.2) is 0 Å². The van der Waals surface area contributed by atoms with Gasteiger partial charge in [-0.15, -0.1) is 0 Å². The van der Waals surface area contributed by atoms with Gasteiger partial charge in [0, 0.05) is 30.8 Å². The van der Waals surface area contributed by atoms with Gasteiger partial charge in [0.2, 0.25) is 0 Å². The van der Waals surface area contributed by atoms with E-state index in [2.05, 4.69) is 10.2 Å². The van der Waals surface area contributed by atoms with Crippen molar-refractivity contribution in [2.24, 2.45) is 0 Å². The third-order valence-corrected chi connectivity index (χ3v) is 3.91. The van der Waals surface area contributed by atoms with Crippen LogP contribution in [0.5, 0.6) is 0 Å². The number of likely N-dealkylation sites (N-methyl/N-ethyl adjacent to an activating group) is 1. The molecule has 112 valence electrons. The predicted octanol–water partition coefficient (Wildman–Crippen LogP) is 1.79. The monoisotopic (exact) mass is 288 g/mol. The number of hydrogen-bond donors (Lipinski definition) is 2. The average molecular weight is 288 g/mol. The van der Waals surface area contributed by atoms with Crippen LogP contribution in [0.3, 0.4) is 0 Å². The summed E-state index contributed by atoms with van der Waals surface area (Å²) in [6.07, 6.45) is 2.22. The largest absolute Gasteiger partial charge is 0.399 e. The molecule has 1 atom stereocenters. The van der Waals surface area contributed by atoms with E-state index in [0.29, 0.717) is 24.5 Å². The zero-order chi connectivity index (χ0) is 14.8. The highest BCUT2D eigenvalue weighted by Crippen LogP contribution is 2.21. The molecule has 2 heterocycles. The number of hydrogen-bond acceptors (Lipinski definition) is 4. The standard InChI is InChI=1S/C15H20N4O2/c1-2-19(9-11-4-3-7-21-11)15(20)14-12-8-10(16)5-6-13(12)17-18-14/h5-6,8,11H,2-4,7,9,16H2,1H3,(H,17,18). The van der Waals surface area contributed by atoms with Gasteiger partial charge < -0.3 is 15.4 Å². The number of benzene rings is 1. The molecular formula is C15H20N4O2. The second-order valence-corrected chi connectivity index (χ2v) is 5.36. The second kappa shape index (κ2) is 5.73. The molecule has 1 aliphatic heterocycles. The van der Waals surface area contributed by atoms with Crippen LogP contribution < -0.4 is 5.73 Å². The number of fused-ring (bicyclic) bond motifs is 1. The van der Waals surface area contributed by atoms with Crippen molar-refractivity contribution in [3.05, 3.63) is 23.9 Å². The van der Waals surface area contributed by atoms with Crippen molar-refractivity contribution in [1.82, 2.24) is 15.1 Å². The normalized spacial score (nSPS) is 18.2. The average Bonchev–Trinajstić information content (AvgIpc) is 3.13. The number of nitrogens with one attached hydrogen (secondary N) is 1. The Hall–Kier alpha value is -2.08. The van der Waals surface area contributed by atoms with Gasteiger partial charge in [0.05, 0.1) is 11.6 Å². The molecule has 1 amide bonds. The van der Waals surface area contributed by atoms with Crippen LogP contribution in [0.15, 0.2) is 18.2 Å². The molecule has 0 aliphatic carbocycles. The van der Waals surface area contributed by atoms with Crippen LogP contribution in [0, 0.1) is 0 Å². The zero-order valence-electron chi connectivity index (χ0n) is 12.1. The molecule has 0 radical (unpaired) electrons. The van der Waals surface area contributed by atoms with E-state index in [1.54, 1.807) is 17.0 Å². The van der Waals surface area contributed by atoms with E-state index >= 15 is 0 Å². The number of rotatable bonds is 4. The van der Waals surface area contributed by atoms with Crippen LogP contribution in [0.1, 0.15) is 30.3 Å². The number of carbonyl (C=O) groups is 1. The third-order valence-electron chi connectivity index (χ3n) is 3.91. The number of anilines is 1. The van der Waals surface area contributed by atoms with Crippen molar-refractivity contribution in [2.45, 2.75) is 25.9 Å². The molecule has 6 nitrogen and oxygen atoms in total. The maximum absolute atomic E-state index is 12.7. The highest BCUT2D eigenvalue weighted by molar-refractivity contribution is 6.05. The quantitative estimate of drug-likeness (QED) is 0.840. The maximum Gasteiger partial charge on any atom is 0.275 e. The lowest BCUT2D eigenvalue weighted by atomic mass is 10.1. The van der Waals surface area contributed by atoms with Gasteiger partial charge in [0.25, 0.3) is 5.91 Å². The Balaban J connectivity index is 1.85. The first-order valence-electron chi connectivity index (χ1n) is 7.33. The summed E-state index contributed by atoms with van der Waals surface area (Å²) in [5.74, 6) is -0.0788. The third kappa shape index (κ3) is 2.71. The molecule has 1 unspecified atom stereocenters. The Bertz CT molecular complexity index is 646. The molecule has 1 fully saturated rings. The lowest BCUT2D eigenvalue weighted by Crippen LogP contribution is -2.37. The summed E-state index contributed by atoms with van der Waals surface area (Å²) in [6.45, 7) is 4.01. The zero-order valence-corrected chi connectivity index (χ0v) is 12.1. The molecule has 21 heavy (non-hydrogen) atoms. The number of carbonyl (C=O) groups excluding carboxylic acids is 1. The first-order valence-corrected chi connectivity index (χ1v) is 7.33. The number of amides is 1. The maximum atomic E-state index is 12.7. The summed E-state index contributed by atoms with van der Waals surface area (Å²) in [7, 11) is 0. The minimum Gasteiger partial charge on any atom is -0.399 e. The smallest absolute Gasteiger partial charge is 0.275 e. The van der Waals surface area contributed by atoms with Gasteiger partial charge in [0.1, 0.15) is 0 Å². The van der Waals surface area contributed by atoms with Crippen LogP contribution in [-0.2, 0) is 4.74 Å². The number of nitrogens with zero attached hydrogens (tertiary/aromatic N) is 2. The van der Waals surface area contributed by atoms with Crippen LogP contribution in [0.2, 0.25) is 0 Å². The lowest BCUT2D eigenvalue weighted by Gasteiger charge is -2.23. The Kier molecular flexibility index (Phi) is 3.79. The summed E-state index contributed by atoms with van der Waals surface area (Å²) < 4.78 is 5.62. The lowest BCUT2D eigenvalue weighted by molar-refractivity contribution is 0.0536. The predicted molar refractivity (Wildman–Crippen MR) is 81.1 cm³/mol. The first-order chi connectivity index (χ1) is 10.2. The van der Waals surface area contributed by atoms with E-state index in [-0.39, 0.29) is 12.0 Å². The topological polar surface area (TPSA) is 84.2 Å². The molecular weight excluding hydrogens is 268 g/mol. The van der Waals surface area contributed by atoms with E-state index < -0.39 is 0 Å². The van der Waals surface area contributed by atoms with Crippen molar-refractivity contribution in [1.29, 1.82) is 0 Å². The highest BCUT2D eigenvalue weighted by Gasteiger charge is 2.25. The number of aromatic nitrogens is 2. The molecule has 6 heteroatoms. The van der Waals surface area contributed by atoms with Crippen molar-refractivity contribution in [3.63, 3.8) is 0 Å². The minimum atomic E-state index is -0.0788. The van der Waals surface area contributed by atoms with Gasteiger partial charge >= 0.3 is 0 Å². The van der Waals surface area contributed by atoms with E-state index in [1.165, 1.54) is 0 Å². The van der Waals surface area contributed by atoms with Crippen molar-refractivity contribution < 1.29 is 9.53 Å². The van der Waals surface area contributed by atoms with E-state index in [9.17, 15) is 4.79 Å². The van der Waals surface area contributed by atoms with E-state index in [1.807, 2.05) is 13.0 Å². The summed E-state index contributed by atoms with van der Waals surface area (Å²) in [5.41, 5.74) is 7.68. The fourth-order valence-corrected chi connectivity index (χ4v) is 2.73. The summed E-state index contributed by atoms with van der Waals surface area (Å²) in [6, 6.07) is 5.41. The van der Waals surface area contributed by atoms with Gasteiger partial charge in [0.15, 0.2) is 5.69 Å². The van der Waals surface area contributed by atoms with Crippen LogP contribution in [-0.4, -0.2) is 46.8 Å². The molecule has 3 N–H and O–H groups in total. The molecule has 1 aromatic carbocycles. The van der Waals surface area contributed by atoms with Crippen molar-refractivity contribution >= 4 is 22.5 Å². The number of H-pyrrole nitrogens is 1. The van der Waals surface area contributed by atoms with Crippen molar-refractivity contribution in [2.75, 3.05) is 25.4 Å². The fraction of sp³-hybridized carbons (Fsp3) is 0.467. The molecule has 0 bridgehead atoms. The molecule has 0 spiro atoms. The van der Waals surface area contributed by atoms with E-state index in [4.69, 9.17) is 10.5 Å². The fourth-order valence-electron chi connectivity index (χ4n) is 2.73. The van der Waals surface area contributed by atoms with Crippen LogP contribution in [0.25, 0.3) is 10.9 Å². The van der Waals surface area contributed by atoms with Crippen LogP contribution in [0.4, 0.5) is 5.69 Å². The van der Waals surface area contributed by atoms with Gasteiger partial charge in [-0.2, -0.15) is 5.10 Å². The molecule has 1 saturated heterocycles. The molecule has 3 rings (SSSR count). The Labute approximate surface area is 123 Å². The number of ether oxygens (including phenoxy) is 1. The Morgan fingerprint density at radius 3 is 3.14 bits per heavy atom. The molecule has 1 aliphatic rings. The number of nitrogen functional groups attached to an aromatic ring is 1. The van der Waals surface area contributed by atoms with E-state index in [0.717, 1.165) is 30.4 Å². The second-order valence-electron chi connectivity index (χ2n) is 5.36. The SMILES string of the molecule is CCN(CC1CCCO1)C(=O)c1n[nH]c2ccc(N)cc12. The van der Waals surface area contributed by atoms with Gasteiger partial charge in [-0.1, -0.05) is 0 Å². The number of aromatic amines is 1. The Morgan fingerprint density at radius 1 is 1.57 bits per heavy atom. The summed E-state index contributed by atoms with van der Waals surface area (Å²) in [4.78, 5) is 14.5. The molecule has 1 aromatic heterocycles. The van der Waals surface area contributed by atoms with Crippen molar-refractivity contribution in [3.8, 4) is 0 Å².